The Kier molecular flexibility index (Phi) is 5.82. The first-order chi connectivity index (χ1) is 15.0. The molecule has 0 unspecified atom stereocenters. The van der Waals surface area contributed by atoms with Crippen LogP contribution in [0.3, 0.4) is 0 Å². The van der Waals surface area contributed by atoms with E-state index in [0.717, 1.165) is 0 Å². The molecule has 0 bridgehead atoms. The van der Waals surface area contributed by atoms with Gasteiger partial charge in [-0.3, -0.25) is 0 Å². The molecule has 0 N–H and O–H groups in total. The molecular formula is C24H16ClNO5. The minimum absolute atomic E-state index is 0.0858. The normalized spacial score (nSPS) is 14.2. The number of carbonyl (C=O) groups is 2. The van der Waals surface area contributed by atoms with Gasteiger partial charge in [0.1, 0.15) is 0 Å². The molecule has 154 valence electrons. The number of ether oxygens (including phenoxy) is 3. The fourth-order valence-electron chi connectivity index (χ4n) is 2.92. The number of cyclic esters (lactones) is 1. The molecule has 0 amide bonds. The molecule has 0 atom stereocenters. The van der Waals surface area contributed by atoms with E-state index in [4.69, 9.17) is 25.8 Å². The van der Waals surface area contributed by atoms with Crippen molar-refractivity contribution in [3.63, 3.8) is 0 Å². The lowest BCUT2D eigenvalue weighted by atomic mass is 10.1. The van der Waals surface area contributed by atoms with Crippen LogP contribution >= 0.6 is 11.6 Å². The van der Waals surface area contributed by atoms with E-state index in [-0.39, 0.29) is 28.1 Å². The van der Waals surface area contributed by atoms with E-state index in [1.54, 1.807) is 54.6 Å². The van der Waals surface area contributed by atoms with Crippen LogP contribution in [0.5, 0.6) is 11.5 Å². The third kappa shape index (κ3) is 4.49. The molecule has 6 nitrogen and oxygen atoms in total. The van der Waals surface area contributed by atoms with Gasteiger partial charge in [-0.25, -0.2) is 14.6 Å². The molecule has 31 heavy (non-hydrogen) atoms. The van der Waals surface area contributed by atoms with Crippen LogP contribution in [0, 0.1) is 0 Å². The molecule has 0 radical (unpaired) electrons. The maximum Gasteiger partial charge on any atom is 0.363 e. The lowest BCUT2D eigenvalue weighted by molar-refractivity contribution is -0.129. The summed E-state index contributed by atoms with van der Waals surface area (Å²) in [5, 5.41) is 0.147. The van der Waals surface area contributed by atoms with Crippen LogP contribution in [0.25, 0.3) is 6.08 Å². The number of aliphatic imine (C=N–C) groups is 1. The molecule has 4 rings (SSSR count). The van der Waals surface area contributed by atoms with Crippen molar-refractivity contribution < 1.29 is 23.8 Å². The van der Waals surface area contributed by atoms with Gasteiger partial charge in [0, 0.05) is 5.56 Å². The van der Waals surface area contributed by atoms with Crippen molar-refractivity contribution in [2.75, 3.05) is 7.11 Å². The zero-order valence-electron chi connectivity index (χ0n) is 16.4. The van der Waals surface area contributed by atoms with Gasteiger partial charge in [-0.05, 0) is 48.0 Å². The first-order valence-corrected chi connectivity index (χ1v) is 9.65. The number of hydrogen-bond donors (Lipinski definition) is 0. The Hall–Kier alpha value is -3.90. The predicted molar refractivity (Wildman–Crippen MR) is 116 cm³/mol. The standard InChI is InChI=1S/C24H16ClNO5/c1-29-20-14-15(12-18(25)21(20)30-23(27)17-10-6-3-7-11-17)13-19-24(28)31-22(26-19)16-8-4-2-5-9-16/h2-14H,1H3/b19-13-. The van der Waals surface area contributed by atoms with E-state index in [9.17, 15) is 9.59 Å². The fraction of sp³-hybridized carbons (Fsp3) is 0.0417. The van der Waals surface area contributed by atoms with Gasteiger partial charge >= 0.3 is 11.9 Å². The Morgan fingerprint density at radius 2 is 1.71 bits per heavy atom. The second-order valence-electron chi connectivity index (χ2n) is 6.49. The molecule has 1 heterocycles. The molecule has 7 heteroatoms. The Morgan fingerprint density at radius 3 is 2.39 bits per heavy atom. The summed E-state index contributed by atoms with van der Waals surface area (Å²) >= 11 is 6.35. The van der Waals surface area contributed by atoms with Gasteiger partial charge in [-0.15, -0.1) is 0 Å². The third-order valence-electron chi connectivity index (χ3n) is 4.40. The quantitative estimate of drug-likeness (QED) is 0.324. The largest absolute Gasteiger partial charge is 0.493 e. The smallest absolute Gasteiger partial charge is 0.363 e. The minimum atomic E-state index is -0.575. The first-order valence-electron chi connectivity index (χ1n) is 9.28. The first kappa shape index (κ1) is 20.4. The molecular weight excluding hydrogens is 418 g/mol. The van der Waals surface area contributed by atoms with Gasteiger partial charge in [0.2, 0.25) is 5.90 Å². The van der Waals surface area contributed by atoms with E-state index < -0.39 is 11.9 Å². The average Bonchev–Trinajstić information content (AvgIpc) is 3.16. The SMILES string of the molecule is COc1cc(/C=C2\N=C(c3ccccc3)OC2=O)cc(Cl)c1OC(=O)c1ccccc1. The van der Waals surface area contributed by atoms with E-state index in [0.29, 0.717) is 16.7 Å². The van der Waals surface area contributed by atoms with Crippen molar-refractivity contribution in [1.29, 1.82) is 0 Å². The Bertz CT molecular complexity index is 1200. The lowest BCUT2D eigenvalue weighted by Crippen LogP contribution is -2.09. The van der Waals surface area contributed by atoms with Crippen LogP contribution in [0.2, 0.25) is 5.02 Å². The number of rotatable bonds is 5. The number of carbonyl (C=O) groups excluding carboxylic acids is 2. The number of halogens is 1. The monoisotopic (exact) mass is 433 g/mol. The summed E-state index contributed by atoms with van der Waals surface area (Å²) in [6.45, 7) is 0. The van der Waals surface area contributed by atoms with Gasteiger partial charge in [0.15, 0.2) is 17.2 Å². The number of nitrogens with zero attached hydrogens (tertiary/aromatic N) is 1. The Morgan fingerprint density at radius 1 is 1.03 bits per heavy atom. The number of methoxy groups -OCH3 is 1. The summed E-state index contributed by atoms with van der Waals surface area (Å²) in [5.41, 5.74) is 1.72. The van der Waals surface area contributed by atoms with Crippen molar-refractivity contribution in [2.45, 2.75) is 0 Å². The van der Waals surface area contributed by atoms with Gasteiger partial charge < -0.3 is 14.2 Å². The zero-order valence-corrected chi connectivity index (χ0v) is 17.1. The highest BCUT2D eigenvalue weighted by Crippen LogP contribution is 2.38. The van der Waals surface area contributed by atoms with Gasteiger partial charge in [-0.1, -0.05) is 48.0 Å². The van der Waals surface area contributed by atoms with Crippen molar-refractivity contribution in [3.05, 3.63) is 100 Å². The van der Waals surface area contributed by atoms with Crippen LogP contribution in [-0.2, 0) is 9.53 Å². The summed E-state index contributed by atoms with van der Waals surface area (Å²) in [7, 11) is 1.43. The van der Waals surface area contributed by atoms with E-state index in [2.05, 4.69) is 4.99 Å². The molecule has 3 aromatic carbocycles. The molecule has 0 saturated heterocycles. The van der Waals surface area contributed by atoms with Gasteiger partial charge in [0.05, 0.1) is 17.7 Å². The fourth-order valence-corrected chi connectivity index (χ4v) is 3.18. The van der Waals surface area contributed by atoms with Crippen molar-refractivity contribution in [3.8, 4) is 11.5 Å². The highest BCUT2D eigenvalue weighted by molar-refractivity contribution is 6.32. The van der Waals surface area contributed by atoms with E-state index in [1.165, 1.54) is 13.2 Å². The summed E-state index contributed by atoms with van der Waals surface area (Å²) < 4.78 is 16.0. The van der Waals surface area contributed by atoms with E-state index in [1.807, 2.05) is 18.2 Å². The van der Waals surface area contributed by atoms with Crippen LogP contribution in [0.15, 0.2) is 83.5 Å². The zero-order chi connectivity index (χ0) is 21.8. The molecule has 0 saturated carbocycles. The molecule has 1 aliphatic heterocycles. The molecule has 3 aromatic rings. The van der Waals surface area contributed by atoms with E-state index >= 15 is 0 Å². The number of benzene rings is 3. The summed E-state index contributed by atoms with van der Waals surface area (Å²) in [6.07, 6.45) is 1.52. The molecule has 0 aromatic heterocycles. The lowest BCUT2D eigenvalue weighted by Gasteiger charge is -2.12. The van der Waals surface area contributed by atoms with Gasteiger partial charge in [-0.2, -0.15) is 0 Å². The Balaban J connectivity index is 1.63. The highest BCUT2D eigenvalue weighted by atomic mass is 35.5. The number of esters is 2. The molecule has 1 aliphatic rings. The summed E-state index contributed by atoms with van der Waals surface area (Å²) in [5.74, 6) is -0.592. The van der Waals surface area contributed by atoms with Crippen LogP contribution in [0.4, 0.5) is 0 Å². The molecule has 0 spiro atoms. The van der Waals surface area contributed by atoms with Crippen LogP contribution in [0.1, 0.15) is 21.5 Å². The molecule has 0 aliphatic carbocycles. The van der Waals surface area contributed by atoms with Crippen LogP contribution < -0.4 is 9.47 Å². The van der Waals surface area contributed by atoms with Crippen molar-refractivity contribution in [1.82, 2.24) is 0 Å². The van der Waals surface area contributed by atoms with Crippen molar-refractivity contribution in [2.24, 2.45) is 4.99 Å². The second-order valence-corrected chi connectivity index (χ2v) is 6.90. The summed E-state index contributed by atoms with van der Waals surface area (Å²) in [6, 6.07) is 20.8. The topological polar surface area (TPSA) is 74.2 Å². The maximum absolute atomic E-state index is 12.4. The second kappa shape index (κ2) is 8.85. The van der Waals surface area contributed by atoms with Crippen molar-refractivity contribution >= 4 is 35.5 Å². The third-order valence-corrected chi connectivity index (χ3v) is 4.68. The maximum atomic E-state index is 12.4. The predicted octanol–water partition coefficient (Wildman–Crippen LogP) is 4.91. The Labute approximate surface area is 183 Å². The number of hydrogen-bond acceptors (Lipinski definition) is 6. The van der Waals surface area contributed by atoms with Gasteiger partial charge in [0.25, 0.3) is 0 Å². The minimum Gasteiger partial charge on any atom is -0.493 e. The highest BCUT2D eigenvalue weighted by Gasteiger charge is 2.24. The van der Waals surface area contributed by atoms with Crippen LogP contribution in [-0.4, -0.2) is 24.9 Å². The average molecular weight is 434 g/mol. The summed E-state index contributed by atoms with van der Waals surface area (Å²) in [4.78, 5) is 28.9. The molecule has 0 fully saturated rings.